The second kappa shape index (κ2) is 4.84. The number of aryl methyl sites for hydroxylation is 1. The summed E-state index contributed by atoms with van der Waals surface area (Å²) in [5, 5.41) is 0. The summed E-state index contributed by atoms with van der Waals surface area (Å²) >= 11 is 0. The van der Waals surface area contributed by atoms with Crippen molar-refractivity contribution in [1.82, 2.24) is 0 Å². The molecule has 0 saturated heterocycles. The van der Waals surface area contributed by atoms with Crippen LogP contribution in [0.15, 0.2) is 18.2 Å². The minimum atomic E-state index is -0.0371. The van der Waals surface area contributed by atoms with E-state index in [0.29, 0.717) is 29.5 Å². The molecule has 1 unspecified atom stereocenters. The zero-order valence-electron chi connectivity index (χ0n) is 13.9. The van der Waals surface area contributed by atoms with Gasteiger partial charge in [-0.15, -0.1) is 0 Å². The van der Waals surface area contributed by atoms with Crippen molar-refractivity contribution in [2.75, 3.05) is 7.11 Å². The second-order valence-electron chi connectivity index (χ2n) is 7.96. The maximum absolute atomic E-state index is 12.5. The third-order valence-electron chi connectivity index (χ3n) is 6.94. The predicted molar refractivity (Wildman–Crippen MR) is 87.2 cm³/mol. The van der Waals surface area contributed by atoms with Gasteiger partial charge in [-0.25, -0.2) is 0 Å². The van der Waals surface area contributed by atoms with Crippen LogP contribution in [-0.2, 0) is 11.2 Å². The summed E-state index contributed by atoms with van der Waals surface area (Å²) in [5.74, 6) is 4.01. The Morgan fingerprint density at radius 1 is 1.27 bits per heavy atom. The van der Waals surface area contributed by atoms with Gasteiger partial charge in [0.25, 0.3) is 0 Å². The molecule has 22 heavy (non-hydrogen) atoms. The number of Topliss-reactive ketones (excluding diaryl/α,β-unsaturated/α-hetero) is 1. The first-order valence-electron chi connectivity index (χ1n) is 8.74. The van der Waals surface area contributed by atoms with E-state index < -0.39 is 0 Å². The van der Waals surface area contributed by atoms with E-state index in [1.165, 1.54) is 24.0 Å². The predicted octanol–water partition coefficient (Wildman–Crippen LogP) is 4.37. The van der Waals surface area contributed by atoms with Crippen LogP contribution >= 0.6 is 0 Å². The number of fused-ring (bicyclic) bond motifs is 5. The highest BCUT2D eigenvalue weighted by atomic mass is 16.5. The molecule has 5 atom stereocenters. The number of carbonyl (C=O) groups excluding carboxylic acids is 1. The van der Waals surface area contributed by atoms with Crippen molar-refractivity contribution in [3.63, 3.8) is 0 Å². The molecule has 0 radical (unpaired) electrons. The van der Waals surface area contributed by atoms with Gasteiger partial charge in [0.05, 0.1) is 7.11 Å². The number of hydrogen-bond acceptors (Lipinski definition) is 2. The van der Waals surface area contributed by atoms with E-state index in [1.807, 2.05) is 0 Å². The Morgan fingerprint density at radius 2 is 2.09 bits per heavy atom. The molecule has 0 bridgehead atoms. The minimum absolute atomic E-state index is 0.0371. The van der Waals surface area contributed by atoms with Crippen LogP contribution < -0.4 is 4.74 Å². The van der Waals surface area contributed by atoms with Crippen molar-refractivity contribution < 1.29 is 9.53 Å². The average Bonchev–Trinajstić information content (AvgIpc) is 2.76. The number of benzene rings is 1. The molecule has 4 rings (SSSR count). The average molecular weight is 298 g/mol. The maximum Gasteiger partial charge on any atom is 0.139 e. The minimum Gasteiger partial charge on any atom is -0.497 e. The molecule has 3 aliphatic rings. The molecule has 0 aliphatic heterocycles. The number of ketones is 1. The first kappa shape index (κ1) is 14.3. The number of methoxy groups -OCH3 is 1. The Labute approximate surface area is 133 Å². The molecule has 0 spiro atoms. The number of hydrogen-bond donors (Lipinski definition) is 0. The van der Waals surface area contributed by atoms with Crippen molar-refractivity contribution in [2.24, 2.45) is 23.2 Å². The summed E-state index contributed by atoms with van der Waals surface area (Å²) in [6, 6.07) is 6.62. The summed E-state index contributed by atoms with van der Waals surface area (Å²) in [4.78, 5) is 12.5. The van der Waals surface area contributed by atoms with E-state index in [9.17, 15) is 4.79 Å². The molecule has 2 saturated carbocycles. The second-order valence-corrected chi connectivity index (χ2v) is 7.96. The van der Waals surface area contributed by atoms with Crippen LogP contribution in [0.4, 0.5) is 0 Å². The van der Waals surface area contributed by atoms with Crippen molar-refractivity contribution in [3.05, 3.63) is 29.3 Å². The largest absolute Gasteiger partial charge is 0.497 e. The highest BCUT2D eigenvalue weighted by Gasteiger charge is 2.57. The Balaban J connectivity index is 1.72. The number of ether oxygens (including phenoxy) is 1. The lowest BCUT2D eigenvalue weighted by atomic mass is 9.54. The van der Waals surface area contributed by atoms with Crippen molar-refractivity contribution >= 4 is 5.78 Å². The van der Waals surface area contributed by atoms with Crippen LogP contribution in [-0.4, -0.2) is 12.9 Å². The highest BCUT2D eigenvalue weighted by molar-refractivity contribution is 5.87. The van der Waals surface area contributed by atoms with Crippen molar-refractivity contribution in [1.29, 1.82) is 0 Å². The van der Waals surface area contributed by atoms with E-state index in [2.05, 4.69) is 32.0 Å². The van der Waals surface area contributed by atoms with Gasteiger partial charge in [-0.3, -0.25) is 4.79 Å². The van der Waals surface area contributed by atoms with Gasteiger partial charge in [0.15, 0.2) is 0 Å². The molecule has 0 aromatic heterocycles. The Bertz CT molecular complexity index is 620. The van der Waals surface area contributed by atoms with Gasteiger partial charge in [-0.05, 0) is 72.6 Å². The fourth-order valence-electron chi connectivity index (χ4n) is 5.96. The molecule has 3 aliphatic carbocycles. The first-order valence-corrected chi connectivity index (χ1v) is 8.74. The van der Waals surface area contributed by atoms with E-state index in [0.717, 1.165) is 25.0 Å². The highest BCUT2D eigenvalue weighted by Crippen LogP contribution is 2.61. The first-order chi connectivity index (χ1) is 10.5. The molecule has 0 N–H and O–H groups in total. The SMILES string of the molecule is COc1ccc2c(c1)CC[C@@H]1[C@@H]2CC[C@]2(C)C(=O)CC(C)[C@@H]12. The molecular formula is C20H26O2. The zero-order valence-corrected chi connectivity index (χ0v) is 13.9. The number of rotatable bonds is 1. The van der Waals surface area contributed by atoms with E-state index >= 15 is 0 Å². The smallest absolute Gasteiger partial charge is 0.139 e. The standard InChI is InChI=1S/C20H26O2/c1-12-10-18(21)20(2)9-8-16-15-7-5-14(22-3)11-13(15)4-6-17(16)19(12)20/h5,7,11-12,16-17,19H,4,6,8-10H2,1-3H3/t12?,16-,17-,19+,20-/m1/s1. The van der Waals surface area contributed by atoms with E-state index in [1.54, 1.807) is 7.11 Å². The maximum atomic E-state index is 12.5. The molecule has 1 aromatic carbocycles. The fraction of sp³-hybridized carbons (Fsp3) is 0.650. The molecule has 2 heteroatoms. The summed E-state index contributed by atoms with van der Waals surface area (Å²) in [5.41, 5.74) is 2.97. The van der Waals surface area contributed by atoms with Crippen molar-refractivity contribution in [3.8, 4) is 5.75 Å². The topological polar surface area (TPSA) is 26.3 Å². The lowest BCUT2D eigenvalue weighted by molar-refractivity contribution is -0.129. The van der Waals surface area contributed by atoms with Gasteiger partial charge in [-0.1, -0.05) is 19.9 Å². The lowest BCUT2D eigenvalue weighted by Gasteiger charge is -2.49. The fourth-order valence-corrected chi connectivity index (χ4v) is 5.96. The van der Waals surface area contributed by atoms with Crippen LogP contribution in [0.1, 0.15) is 56.6 Å². The Morgan fingerprint density at radius 3 is 2.86 bits per heavy atom. The van der Waals surface area contributed by atoms with Gasteiger partial charge in [0.1, 0.15) is 11.5 Å². The monoisotopic (exact) mass is 298 g/mol. The molecule has 118 valence electrons. The van der Waals surface area contributed by atoms with Gasteiger partial charge >= 0.3 is 0 Å². The summed E-state index contributed by atoms with van der Waals surface area (Å²) < 4.78 is 5.39. The molecule has 0 heterocycles. The Hall–Kier alpha value is -1.31. The third kappa shape index (κ3) is 1.82. The molecule has 2 fully saturated rings. The zero-order chi connectivity index (χ0) is 15.5. The van der Waals surface area contributed by atoms with Crippen LogP contribution in [0, 0.1) is 23.2 Å². The summed E-state index contributed by atoms with van der Waals surface area (Å²) in [6.45, 7) is 4.56. The van der Waals surface area contributed by atoms with E-state index in [4.69, 9.17) is 4.74 Å². The van der Waals surface area contributed by atoms with E-state index in [-0.39, 0.29) is 5.41 Å². The quantitative estimate of drug-likeness (QED) is 0.769. The molecular weight excluding hydrogens is 272 g/mol. The number of carbonyl (C=O) groups is 1. The summed E-state index contributed by atoms with van der Waals surface area (Å²) in [6.07, 6.45) is 5.44. The summed E-state index contributed by atoms with van der Waals surface area (Å²) in [7, 11) is 1.74. The molecule has 2 nitrogen and oxygen atoms in total. The van der Waals surface area contributed by atoms with Gasteiger partial charge in [0, 0.05) is 11.8 Å². The normalized spacial score (nSPS) is 39.9. The van der Waals surface area contributed by atoms with Gasteiger partial charge < -0.3 is 4.74 Å². The van der Waals surface area contributed by atoms with Gasteiger partial charge in [-0.2, -0.15) is 0 Å². The van der Waals surface area contributed by atoms with Crippen LogP contribution in [0.25, 0.3) is 0 Å². The van der Waals surface area contributed by atoms with Crippen molar-refractivity contribution in [2.45, 2.75) is 51.9 Å². The lowest BCUT2D eigenvalue weighted by Crippen LogP contribution is -2.43. The van der Waals surface area contributed by atoms with Crippen LogP contribution in [0.3, 0.4) is 0 Å². The van der Waals surface area contributed by atoms with Crippen LogP contribution in [0.2, 0.25) is 0 Å². The molecule has 1 aromatic rings. The van der Waals surface area contributed by atoms with Gasteiger partial charge in [0.2, 0.25) is 0 Å². The van der Waals surface area contributed by atoms with Crippen LogP contribution in [0.5, 0.6) is 5.75 Å². The molecule has 0 amide bonds. The Kier molecular flexibility index (Phi) is 3.15. The third-order valence-corrected chi connectivity index (χ3v) is 6.94.